The van der Waals surface area contributed by atoms with Crippen LogP contribution in [0.25, 0.3) is 0 Å². The Morgan fingerprint density at radius 2 is 2.30 bits per heavy atom. The summed E-state index contributed by atoms with van der Waals surface area (Å²) in [5.41, 5.74) is 0. The fraction of sp³-hybridized carbons (Fsp3) is 0.625. The number of allylic oxidation sites excluding steroid dienone is 2. The molecule has 56 valence electrons. The van der Waals surface area contributed by atoms with E-state index in [1.54, 1.807) is 0 Å². The van der Waals surface area contributed by atoms with Gasteiger partial charge in [-0.1, -0.05) is 12.2 Å². The Morgan fingerprint density at radius 3 is 3.10 bits per heavy atom. The van der Waals surface area contributed by atoms with Crippen LogP contribution in [0.1, 0.15) is 25.7 Å². The summed E-state index contributed by atoms with van der Waals surface area (Å²) in [7, 11) is 0. The summed E-state index contributed by atoms with van der Waals surface area (Å²) in [5, 5.41) is 0.167. The molecule has 0 saturated carbocycles. The highest BCUT2D eigenvalue weighted by Crippen LogP contribution is 2.14. The second kappa shape index (κ2) is 3.77. The van der Waals surface area contributed by atoms with E-state index in [0.717, 1.165) is 12.8 Å². The molecular formula is C8H11ClO. The van der Waals surface area contributed by atoms with Crippen LogP contribution < -0.4 is 0 Å². The molecule has 0 aromatic carbocycles. The first-order chi connectivity index (χ1) is 4.79. The third kappa shape index (κ3) is 2.53. The number of Topliss-reactive ketones (excluding diaryl/α,β-unsaturated/α-hetero) is 1. The van der Waals surface area contributed by atoms with Crippen molar-refractivity contribution in [3.05, 3.63) is 12.2 Å². The first kappa shape index (κ1) is 7.80. The van der Waals surface area contributed by atoms with Gasteiger partial charge in [0.1, 0.15) is 5.78 Å². The number of carbonyl (C=O) groups is 1. The van der Waals surface area contributed by atoms with Crippen molar-refractivity contribution >= 4 is 17.4 Å². The summed E-state index contributed by atoms with van der Waals surface area (Å²) < 4.78 is 0. The minimum atomic E-state index is 0.167. The molecule has 0 saturated heterocycles. The lowest BCUT2D eigenvalue weighted by Crippen LogP contribution is -2.05. The van der Waals surface area contributed by atoms with Gasteiger partial charge in [0, 0.05) is 18.2 Å². The number of hydrogen-bond donors (Lipinski definition) is 0. The van der Waals surface area contributed by atoms with Gasteiger partial charge >= 0.3 is 0 Å². The van der Waals surface area contributed by atoms with Gasteiger partial charge in [0.2, 0.25) is 0 Å². The van der Waals surface area contributed by atoms with Crippen molar-refractivity contribution in [2.24, 2.45) is 0 Å². The van der Waals surface area contributed by atoms with E-state index in [9.17, 15) is 4.79 Å². The van der Waals surface area contributed by atoms with Crippen LogP contribution in [0.3, 0.4) is 0 Å². The quantitative estimate of drug-likeness (QED) is 0.391. The van der Waals surface area contributed by atoms with Crippen LogP contribution in [0.2, 0.25) is 0 Å². The topological polar surface area (TPSA) is 17.1 Å². The van der Waals surface area contributed by atoms with E-state index in [1.807, 2.05) is 12.2 Å². The molecule has 1 atom stereocenters. The molecule has 0 fully saturated rings. The molecule has 1 aliphatic rings. The van der Waals surface area contributed by atoms with E-state index in [2.05, 4.69) is 0 Å². The van der Waals surface area contributed by atoms with Crippen molar-refractivity contribution in [2.45, 2.75) is 31.1 Å². The van der Waals surface area contributed by atoms with Crippen LogP contribution >= 0.6 is 11.6 Å². The van der Waals surface area contributed by atoms with Gasteiger partial charge in [0.05, 0.1) is 0 Å². The van der Waals surface area contributed by atoms with Crippen molar-refractivity contribution in [1.29, 1.82) is 0 Å². The Bertz CT molecular complexity index is 151. The highest BCUT2D eigenvalue weighted by atomic mass is 35.5. The number of hydrogen-bond acceptors (Lipinski definition) is 1. The predicted octanol–water partition coefficient (Wildman–Crippen LogP) is 2.29. The zero-order valence-corrected chi connectivity index (χ0v) is 6.60. The molecule has 2 heteroatoms. The molecule has 0 spiro atoms. The number of ketones is 1. The van der Waals surface area contributed by atoms with Crippen LogP contribution in [0.4, 0.5) is 0 Å². The molecule has 0 heterocycles. The van der Waals surface area contributed by atoms with E-state index in [-0.39, 0.29) is 5.38 Å². The van der Waals surface area contributed by atoms with E-state index in [1.165, 1.54) is 0 Å². The summed E-state index contributed by atoms with van der Waals surface area (Å²) in [6.45, 7) is 0. The van der Waals surface area contributed by atoms with Crippen molar-refractivity contribution in [3.8, 4) is 0 Å². The Balaban J connectivity index is 2.45. The van der Waals surface area contributed by atoms with Gasteiger partial charge in [-0.2, -0.15) is 0 Å². The Hall–Kier alpha value is -0.300. The normalized spacial score (nSPS) is 30.9. The summed E-state index contributed by atoms with van der Waals surface area (Å²) in [6.07, 6.45) is 6.91. The first-order valence-electron chi connectivity index (χ1n) is 3.60. The van der Waals surface area contributed by atoms with Gasteiger partial charge < -0.3 is 0 Å². The molecular weight excluding hydrogens is 148 g/mol. The maximum atomic E-state index is 10.9. The maximum absolute atomic E-state index is 10.9. The average Bonchev–Trinajstić information content (AvgIpc) is 1.90. The van der Waals surface area contributed by atoms with Crippen molar-refractivity contribution in [1.82, 2.24) is 0 Å². The minimum absolute atomic E-state index is 0.167. The van der Waals surface area contributed by atoms with Crippen LogP contribution in [0.15, 0.2) is 12.2 Å². The van der Waals surface area contributed by atoms with Gasteiger partial charge in [-0.15, -0.1) is 11.6 Å². The number of halogens is 1. The fourth-order valence-electron chi connectivity index (χ4n) is 0.996. The van der Waals surface area contributed by atoms with Gasteiger partial charge in [-0.25, -0.2) is 0 Å². The lowest BCUT2D eigenvalue weighted by molar-refractivity contribution is -0.118. The van der Waals surface area contributed by atoms with Crippen LogP contribution in [0.5, 0.6) is 0 Å². The van der Waals surface area contributed by atoms with E-state index in [0.29, 0.717) is 18.6 Å². The van der Waals surface area contributed by atoms with Crippen molar-refractivity contribution < 1.29 is 4.79 Å². The molecule has 0 radical (unpaired) electrons. The van der Waals surface area contributed by atoms with Crippen LogP contribution in [-0.4, -0.2) is 11.2 Å². The monoisotopic (exact) mass is 158 g/mol. The van der Waals surface area contributed by atoms with Gasteiger partial charge in [0.15, 0.2) is 0 Å². The molecule has 0 bridgehead atoms. The SMILES string of the molecule is O=C1C/C=C\CC(Cl)CC1. The number of rotatable bonds is 0. The smallest absolute Gasteiger partial charge is 0.136 e. The summed E-state index contributed by atoms with van der Waals surface area (Å²) in [6, 6.07) is 0. The number of carbonyl (C=O) groups excluding carboxylic acids is 1. The van der Waals surface area contributed by atoms with E-state index >= 15 is 0 Å². The van der Waals surface area contributed by atoms with Gasteiger partial charge in [-0.05, 0) is 12.8 Å². The maximum Gasteiger partial charge on any atom is 0.136 e. The molecule has 0 N–H and O–H groups in total. The van der Waals surface area contributed by atoms with Gasteiger partial charge in [0.25, 0.3) is 0 Å². The number of alkyl halides is 1. The second-order valence-corrected chi connectivity index (χ2v) is 3.20. The van der Waals surface area contributed by atoms with Crippen LogP contribution in [-0.2, 0) is 4.79 Å². The molecule has 0 aromatic rings. The molecule has 1 nitrogen and oxygen atoms in total. The predicted molar refractivity (Wildman–Crippen MR) is 42.3 cm³/mol. The Labute approximate surface area is 66.1 Å². The first-order valence-corrected chi connectivity index (χ1v) is 4.03. The second-order valence-electron chi connectivity index (χ2n) is 2.59. The lowest BCUT2D eigenvalue weighted by atomic mass is 10.1. The molecule has 0 amide bonds. The third-order valence-electron chi connectivity index (χ3n) is 1.64. The van der Waals surface area contributed by atoms with Gasteiger partial charge in [-0.3, -0.25) is 4.79 Å². The van der Waals surface area contributed by atoms with Crippen molar-refractivity contribution in [2.75, 3.05) is 0 Å². The lowest BCUT2D eigenvalue weighted by Gasteiger charge is -2.07. The molecule has 0 aliphatic heterocycles. The largest absolute Gasteiger partial charge is 0.299 e. The highest BCUT2D eigenvalue weighted by Gasteiger charge is 2.08. The highest BCUT2D eigenvalue weighted by molar-refractivity contribution is 6.20. The van der Waals surface area contributed by atoms with Crippen LogP contribution in [0, 0.1) is 0 Å². The third-order valence-corrected chi connectivity index (χ3v) is 2.04. The van der Waals surface area contributed by atoms with E-state index < -0.39 is 0 Å². The molecule has 0 aromatic heterocycles. The fourth-order valence-corrected chi connectivity index (χ4v) is 1.21. The van der Waals surface area contributed by atoms with E-state index in [4.69, 9.17) is 11.6 Å². The summed E-state index contributed by atoms with van der Waals surface area (Å²) >= 11 is 5.86. The summed E-state index contributed by atoms with van der Waals surface area (Å²) in [5.74, 6) is 0.307. The zero-order valence-electron chi connectivity index (χ0n) is 5.85. The average molecular weight is 159 g/mol. The Morgan fingerprint density at radius 1 is 1.50 bits per heavy atom. The zero-order chi connectivity index (χ0) is 7.40. The standard InChI is InChI=1S/C8H11ClO/c9-7-3-1-2-4-8(10)6-5-7/h1-2,7H,3-6H2/b2-1-. The van der Waals surface area contributed by atoms with Crippen molar-refractivity contribution in [3.63, 3.8) is 0 Å². The Kier molecular flexibility index (Phi) is 2.94. The molecule has 10 heavy (non-hydrogen) atoms. The molecule has 1 rings (SSSR count). The molecule has 1 aliphatic carbocycles. The summed E-state index contributed by atoms with van der Waals surface area (Å²) in [4.78, 5) is 10.9. The minimum Gasteiger partial charge on any atom is -0.299 e. The molecule has 1 unspecified atom stereocenters.